The molecule has 33 heavy (non-hydrogen) atoms. The molecular formula is C24H27N5O4. The van der Waals surface area contributed by atoms with Crippen molar-refractivity contribution in [3.05, 3.63) is 42.1 Å². The molecule has 0 unspecified atom stereocenters. The fourth-order valence-corrected chi connectivity index (χ4v) is 5.10. The number of carbonyl (C=O) groups is 3. The van der Waals surface area contributed by atoms with E-state index in [9.17, 15) is 14.4 Å². The number of rotatable bonds is 4. The third-order valence-corrected chi connectivity index (χ3v) is 6.67. The van der Waals surface area contributed by atoms with E-state index < -0.39 is 23.4 Å². The lowest BCUT2D eigenvalue weighted by atomic mass is 9.92. The summed E-state index contributed by atoms with van der Waals surface area (Å²) in [7, 11) is 0. The van der Waals surface area contributed by atoms with Gasteiger partial charge >= 0.3 is 6.03 Å². The van der Waals surface area contributed by atoms with Crippen LogP contribution in [-0.2, 0) is 16.0 Å². The number of urea groups is 1. The number of barbiturate groups is 1. The monoisotopic (exact) mass is 449 g/mol. The number of hydrogen-bond donors (Lipinski definition) is 2. The Bertz CT molecular complexity index is 1090. The minimum atomic E-state index is -1.43. The van der Waals surface area contributed by atoms with Crippen LogP contribution in [0.3, 0.4) is 0 Å². The van der Waals surface area contributed by atoms with Gasteiger partial charge in [-0.2, -0.15) is 0 Å². The number of pyridine rings is 1. The topological polar surface area (TPSA) is 104 Å². The van der Waals surface area contributed by atoms with Crippen molar-refractivity contribution in [3.63, 3.8) is 0 Å². The van der Waals surface area contributed by atoms with Crippen molar-refractivity contribution in [1.29, 1.82) is 0 Å². The Kier molecular flexibility index (Phi) is 5.19. The van der Waals surface area contributed by atoms with Crippen LogP contribution >= 0.6 is 0 Å². The second kappa shape index (κ2) is 8.06. The number of aromatic nitrogens is 1. The molecule has 1 spiro atoms. The van der Waals surface area contributed by atoms with Crippen molar-refractivity contribution in [1.82, 2.24) is 15.6 Å². The van der Waals surface area contributed by atoms with Gasteiger partial charge in [0.1, 0.15) is 5.75 Å². The molecule has 1 aromatic carbocycles. The van der Waals surface area contributed by atoms with Crippen molar-refractivity contribution in [2.24, 2.45) is 0 Å². The van der Waals surface area contributed by atoms with Crippen LogP contribution in [0, 0.1) is 0 Å². The zero-order valence-electron chi connectivity index (χ0n) is 18.8. The van der Waals surface area contributed by atoms with Gasteiger partial charge in [-0.3, -0.25) is 20.2 Å². The molecule has 2 aromatic rings. The highest BCUT2D eigenvalue weighted by molar-refractivity contribution is 6.24. The Morgan fingerprint density at radius 3 is 2.52 bits per heavy atom. The molecule has 4 heterocycles. The van der Waals surface area contributed by atoms with Gasteiger partial charge in [0, 0.05) is 30.9 Å². The van der Waals surface area contributed by atoms with Crippen molar-refractivity contribution >= 4 is 29.2 Å². The molecule has 9 heteroatoms. The molecule has 0 bridgehead atoms. The lowest BCUT2D eigenvalue weighted by molar-refractivity contribution is -0.137. The summed E-state index contributed by atoms with van der Waals surface area (Å²) in [6.45, 7) is 5.98. The van der Waals surface area contributed by atoms with E-state index in [2.05, 4.69) is 46.5 Å². The van der Waals surface area contributed by atoms with Gasteiger partial charge in [-0.05, 0) is 69.4 Å². The van der Waals surface area contributed by atoms with Gasteiger partial charge in [0.25, 0.3) is 11.8 Å². The Labute approximate surface area is 192 Å². The molecule has 0 atom stereocenters. The Morgan fingerprint density at radius 1 is 1.03 bits per heavy atom. The van der Waals surface area contributed by atoms with Gasteiger partial charge in [-0.25, -0.2) is 9.78 Å². The van der Waals surface area contributed by atoms with Crippen LogP contribution in [0.4, 0.5) is 16.2 Å². The van der Waals surface area contributed by atoms with Crippen molar-refractivity contribution in [2.75, 3.05) is 22.9 Å². The highest BCUT2D eigenvalue weighted by atomic mass is 16.5. The summed E-state index contributed by atoms with van der Waals surface area (Å²) in [5.41, 5.74) is 1.72. The maximum Gasteiger partial charge on any atom is 0.328 e. The number of fused-ring (bicyclic) bond motifs is 1. The third kappa shape index (κ3) is 3.57. The van der Waals surface area contributed by atoms with Crippen LogP contribution < -0.4 is 25.2 Å². The number of hydrogen-bond acceptors (Lipinski definition) is 7. The van der Waals surface area contributed by atoms with Gasteiger partial charge < -0.3 is 14.5 Å². The van der Waals surface area contributed by atoms with Gasteiger partial charge in [0.15, 0.2) is 5.54 Å². The molecule has 0 radical (unpaired) electrons. The Balaban J connectivity index is 1.35. The molecule has 0 aliphatic carbocycles. The average molecular weight is 450 g/mol. The summed E-state index contributed by atoms with van der Waals surface area (Å²) >= 11 is 0. The minimum absolute atomic E-state index is 0.332. The van der Waals surface area contributed by atoms with E-state index in [4.69, 9.17) is 4.74 Å². The molecule has 3 aliphatic rings. The fraction of sp³-hybridized carbons (Fsp3) is 0.417. The molecule has 1 aromatic heterocycles. The van der Waals surface area contributed by atoms with Gasteiger partial charge in [0.2, 0.25) is 5.88 Å². The van der Waals surface area contributed by atoms with Gasteiger partial charge in [-0.15, -0.1) is 0 Å². The van der Waals surface area contributed by atoms with Crippen molar-refractivity contribution in [3.8, 4) is 11.6 Å². The maximum absolute atomic E-state index is 12.6. The summed E-state index contributed by atoms with van der Waals surface area (Å²) in [6, 6.07) is 9.31. The molecule has 5 rings (SSSR count). The maximum atomic E-state index is 12.6. The SMILES string of the molecule is CC(C)N1CCCc2cc(Oc3ccc(N4CCCC45C(=O)NC(=O)NC5=O)cn3)ccc21. The highest BCUT2D eigenvalue weighted by Crippen LogP contribution is 2.37. The second-order valence-electron chi connectivity index (χ2n) is 8.99. The standard InChI is InChI=1S/C24H27N5O4/c1-15(2)28-11-3-5-16-13-18(7-8-19(16)28)33-20-9-6-17(14-25-20)29-12-4-10-24(29)21(30)26-23(32)27-22(24)31/h6-9,13-15H,3-5,10-12H2,1-2H3,(H2,26,27,30,31,32). The first-order valence-corrected chi connectivity index (χ1v) is 11.4. The number of ether oxygens (including phenoxy) is 1. The number of benzene rings is 1. The molecule has 2 fully saturated rings. The first kappa shape index (κ1) is 21.2. The van der Waals surface area contributed by atoms with Crippen molar-refractivity contribution in [2.45, 2.75) is 51.1 Å². The van der Waals surface area contributed by atoms with Gasteiger partial charge in [-0.1, -0.05) is 0 Å². The average Bonchev–Trinajstić information content (AvgIpc) is 3.24. The molecule has 172 valence electrons. The quantitative estimate of drug-likeness (QED) is 0.692. The summed E-state index contributed by atoms with van der Waals surface area (Å²) in [5, 5.41) is 4.44. The zero-order chi connectivity index (χ0) is 23.2. The highest BCUT2D eigenvalue weighted by Gasteiger charge is 2.57. The van der Waals surface area contributed by atoms with Gasteiger partial charge in [0.05, 0.1) is 11.9 Å². The van der Waals surface area contributed by atoms with E-state index in [1.807, 2.05) is 6.07 Å². The number of nitrogens with zero attached hydrogens (tertiary/aromatic N) is 3. The van der Waals surface area contributed by atoms with Crippen molar-refractivity contribution < 1.29 is 19.1 Å². The lowest BCUT2D eigenvalue weighted by Gasteiger charge is -2.38. The lowest BCUT2D eigenvalue weighted by Crippen LogP contribution is -2.71. The van der Waals surface area contributed by atoms with E-state index in [-0.39, 0.29) is 0 Å². The number of imide groups is 2. The van der Waals surface area contributed by atoms with Crippen LogP contribution in [0.1, 0.15) is 38.7 Å². The number of aryl methyl sites for hydroxylation is 1. The fourth-order valence-electron chi connectivity index (χ4n) is 5.10. The minimum Gasteiger partial charge on any atom is -0.439 e. The third-order valence-electron chi connectivity index (χ3n) is 6.67. The van der Waals surface area contributed by atoms with Crippen LogP contribution in [0.2, 0.25) is 0 Å². The summed E-state index contributed by atoms with van der Waals surface area (Å²) < 4.78 is 6.00. The van der Waals surface area contributed by atoms with Crippen LogP contribution in [-0.4, -0.2) is 47.5 Å². The summed E-state index contributed by atoms with van der Waals surface area (Å²) in [5.74, 6) is -0.0462. The second-order valence-corrected chi connectivity index (χ2v) is 8.99. The smallest absolute Gasteiger partial charge is 0.328 e. The zero-order valence-corrected chi connectivity index (χ0v) is 18.8. The Hall–Kier alpha value is -3.62. The normalized spacial score (nSPS) is 19.5. The first-order valence-electron chi connectivity index (χ1n) is 11.4. The predicted molar refractivity (Wildman–Crippen MR) is 123 cm³/mol. The molecule has 0 saturated carbocycles. The predicted octanol–water partition coefficient (Wildman–Crippen LogP) is 2.74. The van der Waals surface area contributed by atoms with E-state index in [1.165, 1.54) is 11.3 Å². The van der Waals surface area contributed by atoms with E-state index >= 15 is 0 Å². The molecule has 3 aliphatic heterocycles. The van der Waals surface area contributed by atoms with Crippen LogP contribution in [0.15, 0.2) is 36.5 Å². The molecule has 2 N–H and O–H groups in total. The van der Waals surface area contributed by atoms with Crippen LogP contribution in [0.5, 0.6) is 11.6 Å². The largest absolute Gasteiger partial charge is 0.439 e. The van der Waals surface area contributed by atoms with Crippen LogP contribution in [0.25, 0.3) is 0 Å². The number of nitrogens with one attached hydrogen (secondary N) is 2. The molecule has 2 saturated heterocycles. The number of anilines is 2. The summed E-state index contributed by atoms with van der Waals surface area (Å²) in [6.07, 6.45) is 4.71. The van der Waals surface area contributed by atoms with E-state index in [0.717, 1.165) is 25.1 Å². The molecule has 4 amide bonds. The Morgan fingerprint density at radius 2 is 1.82 bits per heavy atom. The van der Waals surface area contributed by atoms with E-state index in [1.54, 1.807) is 23.2 Å². The van der Waals surface area contributed by atoms with E-state index in [0.29, 0.717) is 37.0 Å². The summed E-state index contributed by atoms with van der Waals surface area (Å²) in [4.78, 5) is 45.3. The number of carbonyl (C=O) groups excluding carboxylic acids is 3. The first-order chi connectivity index (χ1) is 15.9. The number of amides is 4. The molecule has 9 nitrogen and oxygen atoms in total. The molecular weight excluding hydrogens is 422 g/mol.